The zero-order valence-electron chi connectivity index (χ0n) is 51.1. The van der Waals surface area contributed by atoms with Crippen LogP contribution < -0.4 is 9.30 Å². The molecule has 0 spiro atoms. The van der Waals surface area contributed by atoms with Crippen molar-refractivity contribution in [2.45, 2.75) is 51.9 Å². The van der Waals surface area contributed by atoms with Crippen molar-refractivity contribution >= 4 is 32.8 Å². The van der Waals surface area contributed by atoms with Gasteiger partial charge in [-0.25, -0.2) is 4.98 Å². The molecule has 3 heterocycles. The summed E-state index contributed by atoms with van der Waals surface area (Å²) in [4.78, 5) is 5.25. The summed E-state index contributed by atoms with van der Waals surface area (Å²) in [5, 5.41) is 2.10. The Morgan fingerprint density at radius 1 is 0.534 bits per heavy atom. The second kappa shape index (κ2) is 18.4. The highest BCUT2D eigenvalue weighted by molar-refractivity contribution is 6.09. The van der Waals surface area contributed by atoms with Gasteiger partial charge in [0, 0.05) is 28.6 Å². The van der Waals surface area contributed by atoms with Gasteiger partial charge in [-0.05, 0) is 104 Å². The molecular formula is C68H56N4O. The summed E-state index contributed by atoms with van der Waals surface area (Å²) in [6.07, 6.45) is 6.24. The Labute approximate surface area is 442 Å². The lowest BCUT2D eigenvalue weighted by Gasteiger charge is -2.27. The molecule has 0 aliphatic heterocycles. The first kappa shape index (κ1) is 35.3. The number of hydrogen-bond donors (Lipinski definition) is 0. The molecule has 9 aromatic carbocycles. The molecule has 0 atom stereocenters. The molecule has 3 aromatic heterocycles. The molecule has 0 saturated carbocycles. The quantitative estimate of drug-likeness (QED) is 0.0957. The van der Waals surface area contributed by atoms with Gasteiger partial charge >= 0.3 is 0 Å². The normalized spacial score (nSPS) is 13.9. The number of aromatic nitrogens is 4. The number of para-hydroxylation sites is 4. The van der Waals surface area contributed by atoms with Crippen molar-refractivity contribution in [2.75, 3.05) is 0 Å². The summed E-state index contributed by atoms with van der Waals surface area (Å²) in [6, 6.07) is 50.6. The molecule has 12 aromatic rings. The molecule has 0 aliphatic carbocycles. The second-order valence-electron chi connectivity index (χ2n) is 20.0. The standard InChI is InChI=1S/C68H56N4O/c1-67(2,3)51-37-35-49(36-38-51)60-45-69-65(41-50(60)44-68(4,5)52-25-13-8-14-26-52)72-61-32-16-15-29-58(61)59-40-39-55(43-64(59)72)73-54-28-19-27-53(42-54)70-46-71(63-34-18-17-33-62(63)70)66-56(47-21-9-6-10-22-47)30-20-31-57(66)48-23-11-7-12-24-48/h6-43,45H,44H2,1-5H3/i6D,7D,9D,10D,11D,12D,21D,22D,23D,24D. The Balaban J connectivity index is 0.982. The van der Waals surface area contributed by atoms with Gasteiger partial charge in [0.05, 0.1) is 47.1 Å². The number of imidazole rings is 1. The first-order valence-corrected chi connectivity index (χ1v) is 24.4. The van der Waals surface area contributed by atoms with Crippen molar-refractivity contribution < 1.29 is 23.0 Å². The van der Waals surface area contributed by atoms with Crippen molar-refractivity contribution in [2.24, 2.45) is 0 Å². The highest BCUT2D eigenvalue weighted by atomic mass is 16.5. The van der Waals surface area contributed by atoms with Gasteiger partial charge in [-0.15, -0.1) is 0 Å². The summed E-state index contributed by atoms with van der Waals surface area (Å²) in [7, 11) is 0. The SMILES string of the molecule is [2H]c1c([2H])c([2H])c(-c2cccc(-c3c([2H])c([2H])c([2H])c([2H])c3[2H])c2-[n+]2[c-]n(-c3cccc(Oc4ccc5c6ccccc6n(-c6cc(CC(C)(C)c7ccccc7)c(-c7ccc(C(C)(C)C)cc7)cn6)c5c4)c3)c3ccccc32)c([2H])c1[2H]. The van der Waals surface area contributed by atoms with Crippen LogP contribution in [-0.2, 0) is 17.3 Å². The van der Waals surface area contributed by atoms with Crippen LogP contribution >= 0.6 is 0 Å². The predicted molar refractivity (Wildman–Crippen MR) is 300 cm³/mol. The Kier molecular flexibility index (Phi) is 8.92. The van der Waals surface area contributed by atoms with Crippen LogP contribution in [-0.4, -0.2) is 14.1 Å². The molecule has 0 amide bonds. The Morgan fingerprint density at radius 2 is 1.16 bits per heavy atom. The lowest BCUT2D eigenvalue weighted by Crippen LogP contribution is -2.31. The fourth-order valence-electron chi connectivity index (χ4n) is 10.1. The van der Waals surface area contributed by atoms with E-state index in [1.54, 1.807) is 27.3 Å². The molecule has 354 valence electrons. The van der Waals surface area contributed by atoms with Gasteiger partial charge in [-0.3, -0.25) is 13.7 Å². The highest BCUT2D eigenvalue weighted by Crippen LogP contribution is 2.40. The summed E-state index contributed by atoms with van der Waals surface area (Å²) in [5.74, 6) is 1.86. The Bertz CT molecular complexity index is 4440. The molecule has 0 N–H and O–H groups in total. The van der Waals surface area contributed by atoms with Crippen molar-refractivity contribution in [1.29, 1.82) is 0 Å². The van der Waals surface area contributed by atoms with Crippen LogP contribution in [0.3, 0.4) is 0 Å². The van der Waals surface area contributed by atoms with Crippen LogP contribution in [0.1, 0.15) is 65.0 Å². The van der Waals surface area contributed by atoms with E-state index in [-0.39, 0.29) is 38.8 Å². The first-order valence-electron chi connectivity index (χ1n) is 29.4. The first-order chi connectivity index (χ1) is 39.7. The molecule has 5 heteroatoms. The van der Waals surface area contributed by atoms with E-state index in [2.05, 4.69) is 124 Å². The van der Waals surface area contributed by atoms with E-state index < -0.39 is 60.4 Å². The molecule has 5 nitrogen and oxygen atoms in total. The average molecular weight is 955 g/mol. The van der Waals surface area contributed by atoms with E-state index >= 15 is 0 Å². The lowest BCUT2D eigenvalue weighted by atomic mass is 9.78. The smallest absolute Gasteiger partial charge is 0.269 e. The molecule has 0 bridgehead atoms. The maximum Gasteiger partial charge on any atom is 0.269 e. The van der Waals surface area contributed by atoms with Gasteiger partial charge in [0.2, 0.25) is 0 Å². The van der Waals surface area contributed by atoms with Crippen LogP contribution in [0.4, 0.5) is 0 Å². The predicted octanol–water partition coefficient (Wildman–Crippen LogP) is 16.8. The van der Waals surface area contributed by atoms with Crippen LogP contribution in [0, 0.1) is 6.33 Å². The van der Waals surface area contributed by atoms with Crippen LogP contribution in [0.15, 0.2) is 236 Å². The summed E-state index contributed by atoms with van der Waals surface area (Å²) >= 11 is 0. The number of rotatable bonds is 11. The topological polar surface area (TPSA) is 35.9 Å². The van der Waals surface area contributed by atoms with Crippen molar-refractivity contribution in [3.63, 3.8) is 0 Å². The lowest BCUT2D eigenvalue weighted by molar-refractivity contribution is -0.571. The summed E-state index contributed by atoms with van der Waals surface area (Å²) in [6.45, 7) is 11.3. The third-order valence-corrected chi connectivity index (χ3v) is 13.8. The van der Waals surface area contributed by atoms with Gasteiger partial charge in [0.25, 0.3) is 6.33 Å². The average Bonchev–Trinajstić information content (AvgIpc) is 3.24. The molecule has 73 heavy (non-hydrogen) atoms. The number of benzene rings is 9. The van der Waals surface area contributed by atoms with Crippen LogP contribution in [0.25, 0.3) is 83.4 Å². The largest absolute Gasteiger partial charge is 0.458 e. The minimum Gasteiger partial charge on any atom is -0.458 e. The number of nitrogens with zero attached hydrogens (tertiary/aromatic N) is 4. The maximum atomic E-state index is 9.08. The van der Waals surface area contributed by atoms with Crippen molar-refractivity contribution in [3.05, 3.63) is 259 Å². The number of hydrogen-bond acceptors (Lipinski definition) is 2. The zero-order valence-corrected chi connectivity index (χ0v) is 41.1. The third kappa shape index (κ3) is 8.57. The summed E-state index contributed by atoms with van der Waals surface area (Å²) in [5.41, 5.74) is 9.61. The van der Waals surface area contributed by atoms with Gasteiger partial charge in [0.1, 0.15) is 17.3 Å². The van der Waals surface area contributed by atoms with Gasteiger partial charge in [0.15, 0.2) is 0 Å². The van der Waals surface area contributed by atoms with Gasteiger partial charge in [-0.2, -0.15) is 0 Å². The van der Waals surface area contributed by atoms with E-state index in [1.165, 1.54) is 16.7 Å². The van der Waals surface area contributed by atoms with Crippen LogP contribution in [0.2, 0.25) is 0 Å². The minimum absolute atomic E-state index is 0.00845. The monoisotopic (exact) mass is 955 g/mol. The number of fused-ring (bicyclic) bond motifs is 4. The zero-order chi connectivity index (χ0) is 58.4. The fourth-order valence-corrected chi connectivity index (χ4v) is 10.1. The molecule has 0 saturated heterocycles. The second-order valence-corrected chi connectivity index (χ2v) is 20.0. The van der Waals surface area contributed by atoms with E-state index in [0.29, 0.717) is 28.2 Å². The van der Waals surface area contributed by atoms with Crippen molar-refractivity contribution in [1.82, 2.24) is 14.1 Å². The third-order valence-electron chi connectivity index (χ3n) is 13.8. The molecule has 0 unspecified atom stereocenters. The van der Waals surface area contributed by atoms with E-state index in [0.717, 1.165) is 45.2 Å². The van der Waals surface area contributed by atoms with E-state index in [1.807, 2.05) is 79.0 Å². The van der Waals surface area contributed by atoms with E-state index in [9.17, 15) is 0 Å². The Hall–Kier alpha value is -8.80. The maximum absolute atomic E-state index is 9.08. The molecule has 0 radical (unpaired) electrons. The molecule has 0 aliphatic rings. The van der Waals surface area contributed by atoms with E-state index in [4.69, 9.17) is 23.4 Å². The molecule has 0 fully saturated rings. The van der Waals surface area contributed by atoms with Gasteiger partial charge in [-0.1, -0.05) is 216 Å². The molecular weight excluding hydrogens is 889 g/mol. The minimum atomic E-state index is -0.569. The Morgan fingerprint density at radius 3 is 1.88 bits per heavy atom. The number of pyridine rings is 1. The number of ether oxygens (including phenoxy) is 1. The summed E-state index contributed by atoms with van der Waals surface area (Å²) < 4.78 is 100. The highest BCUT2D eigenvalue weighted by Gasteiger charge is 2.26. The van der Waals surface area contributed by atoms with Gasteiger partial charge < -0.3 is 4.74 Å². The fraction of sp³-hybridized carbons (Fsp3) is 0.118. The van der Waals surface area contributed by atoms with Crippen molar-refractivity contribution in [3.8, 4) is 62.1 Å². The van der Waals surface area contributed by atoms with Crippen LogP contribution in [0.5, 0.6) is 11.5 Å². The molecule has 12 rings (SSSR count).